The number of sulfonamides is 2. The van der Waals surface area contributed by atoms with Crippen LogP contribution in [0.15, 0.2) is 113 Å². The van der Waals surface area contributed by atoms with E-state index in [0.29, 0.717) is 33.9 Å². The highest BCUT2D eigenvalue weighted by molar-refractivity contribution is 7.92. The lowest BCUT2D eigenvalue weighted by Crippen LogP contribution is -2.51. The van der Waals surface area contributed by atoms with Crippen molar-refractivity contribution in [1.29, 1.82) is 0 Å². The van der Waals surface area contributed by atoms with Gasteiger partial charge in [0.2, 0.25) is 25.9 Å². The van der Waals surface area contributed by atoms with Crippen molar-refractivity contribution in [1.82, 2.24) is 44.9 Å². The fourth-order valence-electron chi connectivity index (χ4n) is 7.07. The average molecular weight is 1050 g/mol. The van der Waals surface area contributed by atoms with E-state index >= 15 is 16.8 Å². The Bertz CT molecular complexity index is 2970. The van der Waals surface area contributed by atoms with E-state index in [-0.39, 0.29) is 41.7 Å². The van der Waals surface area contributed by atoms with Crippen molar-refractivity contribution in [2.45, 2.75) is 88.2 Å². The van der Waals surface area contributed by atoms with E-state index in [9.17, 15) is 9.59 Å². The zero-order valence-electron chi connectivity index (χ0n) is 41.3. The number of hydrogen-bond acceptors (Lipinski definition) is 15. The molecule has 0 unspecified atom stereocenters. The van der Waals surface area contributed by atoms with E-state index in [1.165, 1.54) is 37.3 Å². The predicted octanol–water partition coefficient (Wildman–Crippen LogP) is 7.22. The molecule has 6 rings (SSSR count). The van der Waals surface area contributed by atoms with Crippen LogP contribution in [0.3, 0.4) is 0 Å². The third kappa shape index (κ3) is 14.9. The lowest BCUT2D eigenvalue weighted by molar-refractivity contribution is 0.0517. The van der Waals surface area contributed by atoms with E-state index in [2.05, 4.69) is 35.8 Å². The molecule has 0 aliphatic rings. The smallest absolute Gasteiger partial charge is 0.407 e. The first-order valence-electron chi connectivity index (χ1n) is 22.4. The van der Waals surface area contributed by atoms with Gasteiger partial charge in [-0.05, 0) is 129 Å². The molecular formula is C49H58ClN9O11S2. The Morgan fingerprint density at radius 3 is 1.64 bits per heavy atom. The summed E-state index contributed by atoms with van der Waals surface area (Å²) in [5, 5.41) is 18.5. The van der Waals surface area contributed by atoms with E-state index in [0.717, 1.165) is 15.9 Å². The molecule has 23 heteroatoms. The molecule has 3 N–H and O–H groups in total. The molecule has 0 spiro atoms. The highest BCUT2D eigenvalue weighted by Gasteiger charge is 2.39. The molecule has 2 heterocycles. The summed E-state index contributed by atoms with van der Waals surface area (Å²) in [5.41, 5.74) is 0.214. The fraction of sp³-hybridized carbons (Fsp3) is 0.347. The maximum Gasteiger partial charge on any atom is 0.407 e. The van der Waals surface area contributed by atoms with Crippen LogP contribution >= 0.6 is 11.6 Å². The zero-order chi connectivity index (χ0) is 52.4. The van der Waals surface area contributed by atoms with Gasteiger partial charge in [-0.3, -0.25) is 0 Å². The monoisotopic (exact) mass is 1050 g/mol. The van der Waals surface area contributed by atoms with Gasteiger partial charge in [0.25, 0.3) is 0 Å². The Labute approximate surface area is 424 Å². The first-order valence-corrected chi connectivity index (χ1v) is 25.7. The van der Waals surface area contributed by atoms with Crippen LogP contribution in [0, 0.1) is 0 Å². The number of hydrogen-bond donors (Lipinski definition) is 3. The third-order valence-electron chi connectivity index (χ3n) is 10.3. The number of pyridine rings is 1. The summed E-state index contributed by atoms with van der Waals surface area (Å²) in [6, 6.07) is 24.8. The molecule has 0 saturated heterocycles. The SMILES string of the molecule is COc1ccc(CN(Cc2ccc(OC)cc2)S(=O)(=O)c2c(S(=O)(=O)NC(CNC(=O)OC(C)(C)C)CNC(=O)OC(C)(C)C)ccc(-c3ccnc(Cl)c3)c2-c2nnn(Cc3ccc(OC)cc3)n2)cc1. The van der Waals surface area contributed by atoms with Crippen molar-refractivity contribution >= 4 is 43.8 Å². The normalized spacial score (nSPS) is 12.1. The maximum absolute atomic E-state index is 16.1. The molecule has 72 heavy (non-hydrogen) atoms. The van der Waals surface area contributed by atoms with E-state index in [4.69, 9.17) is 35.3 Å². The molecule has 0 radical (unpaired) electrons. The van der Waals surface area contributed by atoms with Crippen molar-refractivity contribution in [3.63, 3.8) is 0 Å². The quantitative estimate of drug-likeness (QED) is 0.0639. The Morgan fingerprint density at radius 1 is 0.694 bits per heavy atom. The van der Waals surface area contributed by atoms with Crippen molar-refractivity contribution in [2.24, 2.45) is 0 Å². The molecule has 4 aromatic carbocycles. The van der Waals surface area contributed by atoms with Gasteiger partial charge >= 0.3 is 12.2 Å². The second-order valence-corrected chi connectivity index (χ2v) is 22.2. The van der Waals surface area contributed by atoms with Gasteiger partial charge in [-0.1, -0.05) is 54.1 Å². The van der Waals surface area contributed by atoms with Crippen LogP contribution in [-0.4, -0.2) is 110 Å². The second-order valence-electron chi connectivity index (χ2n) is 18.2. The summed E-state index contributed by atoms with van der Waals surface area (Å²) in [4.78, 5) is 29.8. The van der Waals surface area contributed by atoms with Gasteiger partial charge in [-0.15, -0.1) is 10.2 Å². The highest BCUT2D eigenvalue weighted by Crippen LogP contribution is 2.42. The average Bonchev–Trinajstić information content (AvgIpc) is 3.79. The molecule has 384 valence electrons. The van der Waals surface area contributed by atoms with Crippen molar-refractivity contribution in [3.05, 3.63) is 125 Å². The first kappa shape index (κ1) is 54.5. The molecule has 2 aromatic heterocycles. The van der Waals surface area contributed by atoms with Crippen LogP contribution in [0.25, 0.3) is 22.5 Å². The van der Waals surface area contributed by atoms with Gasteiger partial charge in [0, 0.05) is 32.4 Å². The van der Waals surface area contributed by atoms with Gasteiger partial charge in [0.1, 0.15) is 43.4 Å². The van der Waals surface area contributed by atoms with Crippen LogP contribution in [-0.2, 0) is 49.2 Å². The van der Waals surface area contributed by atoms with Crippen LogP contribution in [0.1, 0.15) is 58.2 Å². The summed E-state index contributed by atoms with van der Waals surface area (Å²) < 4.78 is 93.4. The molecule has 0 fully saturated rings. The number of nitrogens with zero attached hydrogens (tertiary/aromatic N) is 6. The number of tetrazole rings is 1. The summed E-state index contributed by atoms with van der Waals surface area (Å²) in [6.45, 7) is 8.58. The van der Waals surface area contributed by atoms with Crippen LogP contribution in [0.2, 0.25) is 5.15 Å². The second kappa shape index (κ2) is 23.1. The largest absolute Gasteiger partial charge is 0.497 e. The molecule has 6 aromatic rings. The van der Waals surface area contributed by atoms with Crippen molar-refractivity contribution in [3.8, 4) is 39.8 Å². The Balaban J connectivity index is 1.60. The number of amides is 2. The number of carbonyl (C=O) groups excluding carboxylic acids is 2. The molecule has 0 atom stereocenters. The molecule has 0 saturated carbocycles. The number of aromatic nitrogens is 5. The topological polar surface area (TPSA) is 244 Å². The standard InChI is InChI=1S/C49H58ClN9O11S2/c1-48(2,3)69-46(60)52-27-36(28-53-47(61)70-49(4,5)6)56-71(62,63)41-23-22-40(35-24-25-51-42(50)26-35)43(45-54-57-59(55-45)31-34-14-20-39(68-9)21-15-34)44(41)72(64,65)58(29-32-10-16-37(66-7)17-11-32)30-33-12-18-38(67-8)19-13-33/h10-26,36,56H,27-31H2,1-9H3,(H,52,60)(H,53,61). The Hall–Kier alpha value is -6.85. The predicted molar refractivity (Wildman–Crippen MR) is 269 cm³/mol. The molecular weight excluding hydrogens is 990 g/mol. The van der Waals surface area contributed by atoms with Gasteiger partial charge < -0.3 is 34.3 Å². The summed E-state index contributed by atoms with van der Waals surface area (Å²) in [7, 11) is -5.54. The highest BCUT2D eigenvalue weighted by atomic mass is 35.5. The number of ether oxygens (including phenoxy) is 5. The lowest BCUT2D eigenvalue weighted by Gasteiger charge is -2.27. The van der Waals surface area contributed by atoms with E-state index in [1.54, 1.807) is 128 Å². The Kier molecular flexibility index (Phi) is 17.5. The minimum Gasteiger partial charge on any atom is -0.497 e. The van der Waals surface area contributed by atoms with Crippen LogP contribution < -0.4 is 29.6 Å². The number of alkyl carbamates (subject to hydrolysis) is 2. The van der Waals surface area contributed by atoms with Crippen molar-refractivity contribution < 1.29 is 50.1 Å². The number of nitrogens with one attached hydrogen (secondary N) is 3. The minimum atomic E-state index is -5.05. The fourth-order valence-corrected chi connectivity index (χ4v) is 10.9. The van der Waals surface area contributed by atoms with E-state index < -0.39 is 72.4 Å². The molecule has 2 amide bonds. The van der Waals surface area contributed by atoms with Gasteiger partial charge in [0.05, 0.1) is 39.5 Å². The number of benzene rings is 4. The Morgan fingerprint density at radius 2 is 1.18 bits per heavy atom. The number of rotatable bonds is 20. The first-order chi connectivity index (χ1) is 34.0. The van der Waals surface area contributed by atoms with Gasteiger partial charge in [-0.25, -0.2) is 36.1 Å². The van der Waals surface area contributed by atoms with Gasteiger partial charge in [-0.2, -0.15) is 9.10 Å². The van der Waals surface area contributed by atoms with Crippen LogP contribution in [0.5, 0.6) is 17.2 Å². The number of halogens is 1. The summed E-state index contributed by atoms with van der Waals surface area (Å²) in [6.07, 6.45) is -0.354. The van der Waals surface area contributed by atoms with E-state index in [1.807, 2.05) is 0 Å². The molecule has 20 nitrogen and oxygen atoms in total. The van der Waals surface area contributed by atoms with Gasteiger partial charge in [0.15, 0.2) is 0 Å². The molecule has 0 aliphatic carbocycles. The van der Waals surface area contributed by atoms with Crippen molar-refractivity contribution in [2.75, 3.05) is 34.4 Å². The number of carbonyl (C=O) groups is 2. The molecule has 0 bridgehead atoms. The minimum absolute atomic E-state index is 0.0517. The zero-order valence-corrected chi connectivity index (χ0v) is 43.7. The lowest BCUT2D eigenvalue weighted by atomic mass is 10.00. The summed E-state index contributed by atoms with van der Waals surface area (Å²) >= 11 is 6.45. The molecule has 0 aliphatic heterocycles. The summed E-state index contributed by atoms with van der Waals surface area (Å²) in [5.74, 6) is 1.40. The third-order valence-corrected chi connectivity index (χ3v) is 14.1. The maximum atomic E-state index is 16.1. The van der Waals surface area contributed by atoms with Crippen LogP contribution in [0.4, 0.5) is 9.59 Å². The number of methoxy groups -OCH3 is 3.